The minimum absolute atomic E-state index is 0. The fraction of sp³-hybridized carbons (Fsp3) is 0. The molecular weight excluding hydrogens is 197 g/mol. The first kappa shape index (κ1) is 11.0. The van der Waals surface area contributed by atoms with Gasteiger partial charge in [0, 0.05) is 0 Å². The van der Waals surface area contributed by atoms with Crippen LogP contribution in [-0.4, -0.2) is 5.24 Å². The first-order chi connectivity index (χ1) is 5.25. The highest BCUT2D eigenvalue weighted by Crippen LogP contribution is 2.09. The molecule has 0 aliphatic carbocycles. The highest BCUT2D eigenvalue weighted by Gasteiger charge is 2.05. The molecule has 0 N–H and O–H groups in total. The van der Waals surface area contributed by atoms with Crippen LogP contribution in [0.4, 0.5) is 0 Å². The van der Waals surface area contributed by atoms with Crippen molar-refractivity contribution in [2.75, 3.05) is 0 Å². The zero-order chi connectivity index (χ0) is 8.27. The van der Waals surface area contributed by atoms with Gasteiger partial charge >= 0.3 is 0 Å². The smallest absolute Gasteiger partial charge is 0.253 e. The quantitative estimate of drug-likeness (QED) is 0.655. The van der Waals surface area contributed by atoms with Crippen molar-refractivity contribution in [2.45, 2.75) is 0 Å². The lowest BCUT2D eigenvalue weighted by molar-refractivity contribution is 0.108. The Kier molecular flexibility index (Phi) is 4.35. The van der Waals surface area contributed by atoms with Crippen molar-refractivity contribution in [3.8, 4) is 6.07 Å². The van der Waals surface area contributed by atoms with E-state index in [2.05, 4.69) is 0 Å². The molecule has 0 saturated carbocycles. The molecule has 0 aromatic heterocycles. The Bertz CT molecular complexity index is 330. The summed E-state index contributed by atoms with van der Waals surface area (Å²) in [4.78, 5) is 10.6. The van der Waals surface area contributed by atoms with Crippen molar-refractivity contribution in [1.29, 1.82) is 5.26 Å². The maximum Gasteiger partial charge on any atom is 0.253 e. The zero-order valence-corrected chi connectivity index (χ0v) is 7.52. The molecule has 2 nitrogen and oxygen atoms in total. The first-order valence-corrected chi connectivity index (χ1v) is 3.32. The van der Waals surface area contributed by atoms with Crippen LogP contribution in [-0.2, 0) is 0 Å². The minimum atomic E-state index is -0.595. The average molecular weight is 202 g/mol. The van der Waals surface area contributed by atoms with E-state index in [4.69, 9.17) is 16.9 Å². The number of rotatable bonds is 1. The Labute approximate surface area is 81.2 Å². The number of benzene rings is 1. The molecule has 0 spiro atoms. The van der Waals surface area contributed by atoms with E-state index < -0.39 is 5.24 Å². The maximum atomic E-state index is 10.6. The summed E-state index contributed by atoms with van der Waals surface area (Å²) in [7, 11) is 0. The standard InChI is InChI=1S/C8H4ClNO.ClH/c9-8(11)7-4-2-1-3-6(7)5-10;/h1-4H;1H. The van der Waals surface area contributed by atoms with E-state index in [1.807, 2.05) is 6.07 Å². The Morgan fingerprint density at radius 1 is 1.42 bits per heavy atom. The molecule has 0 fully saturated rings. The topological polar surface area (TPSA) is 40.9 Å². The van der Waals surface area contributed by atoms with Crippen molar-refractivity contribution in [3.05, 3.63) is 35.4 Å². The van der Waals surface area contributed by atoms with Crippen molar-refractivity contribution in [1.82, 2.24) is 0 Å². The number of carbonyl (C=O) groups excluding carboxylic acids is 1. The largest absolute Gasteiger partial charge is 0.276 e. The molecule has 0 heterocycles. The molecule has 0 radical (unpaired) electrons. The maximum absolute atomic E-state index is 10.6. The summed E-state index contributed by atoms with van der Waals surface area (Å²) in [6.07, 6.45) is 0. The van der Waals surface area contributed by atoms with Gasteiger partial charge in [-0.2, -0.15) is 5.26 Å². The third-order valence-corrected chi connectivity index (χ3v) is 1.46. The van der Waals surface area contributed by atoms with Crippen LogP contribution in [0.25, 0.3) is 0 Å². The minimum Gasteiger partial charge on any atom is -0.276 e. The monoisotopic (exact) mass is 201 g/mol. The zero-order valence-electron chi connectivity index (χ0n) is 5.95. The second-order valence-corrected chi connectivity index (χ2v) is 2.27. The third kappa shape index (κ3) is 2.23. The molecule has 0 bridgehead atoms. The van der Waals surface area contributed by atoms with E-state index in [1.165, 1.54) is 6.07 Å². The molecule has 0 aliphatic rings. The van der Waals surface area contributed by atoms with Gasteiger partial charge in [0.05, 0.1) is 17.2 Å². The number of carbonyl (C=O) groups is 1. The highest BCUT2D eigenvalue weighted by molar-refractivity contribution is 6.68. The van der Waals surface area contributed by atoms with Crippen LogP contribution in [0.5, 0.6) is 0 Å². The fourth-order valence-electron chi connectivity index (χ4n) is 0.752. The van der Waals surface area contributed by atoms with Crippen LogP contribution in [0.15, 0.2) is 24.3 Å². The predicted molar refractivity (Wildman–Crippen MR) is 48.6 cm³/mol. The van der Waals surface area contributed by atoms with E-state index in [0.717, 1.165) is 0 Å². The summed E-state index contributed by atoms with van der Waals surface area (Å²) in [5.74, 6) is 0. The van der Waals surface area contributed by atoms with Crippen LogP contribution in [0.2, 0.25) is 0 Å². The van der Waals surface area contributed by atoms with Gasteiger partial charge in [-0.3, -0.25) is 4.79 Å². The van der Waals surface area contributed by atoms with Gasteiger partial charge in [0.15, 0.2) is 0 Å². The summed E-state index contributed by atoms with van der Waals surface area (Å²) in [5.41, 5.74) is 0.573. The van der Waals surface area contributed by atoms with Crippen LogP contribution in [0.3, 0.4) is 0 Å². The molecule has 0 aliphatic heterocycles. The second-order valence-electron chi connectivity index (χ2n) is 1.93. The Morgan fingerprint density at radius 2 is 2.00 bits per heavy atom. The van der Waals surface area contributed by atoms with Gasteiger partial charge in [-0.05, 0) is 23.7 Å². The lowest BCUT2D eigenvalue weighted by Crippen LogP contribution is -1.92. The molecule has 1 aromatic rings. The van der Waals surface area contributed by atoms with Gasteiger partial charge < -0.3 is 0 Å². The average Bonchev–Trinajstić information content (AvgIpc) is 2.04. The van der Waals surface area contributed by atoms with Gasteiger partial charge in [0.1, 0.15) is 0 Å². The van der Waals surface area contributed by atoms with Gasteiger partial charge in [-0.15, -0.1) is 12.4 Å². The van der Waals surface area contributed by atoms with Crippen LogP contribution in [0.1, 0.15) is 15.9 Å². The number of hydrogen-bond donors (Lipinski definition) is 0. The normalized spacial score (nSPS) is 8.00. The van der Waals surface area contributed by atoms with Gasteiger partial charge in [0.2, 0.25) is 0 Å². The lowest BCUT2D eigenvalue weighted by atomic mass is 10.1. The van der Waals surface area contributed by atoms with Crippen LogP contribution in [0, 0.1) is 11.3 Å². The summed E-state index contributed by atoms with van der Waals surface area (Å²) >= 11 is 5.20. The van der Waals surface area contributed by atoms with Crippen molar-refractivity contribution < 1.29 is 4.79 Å². The SMILES string of the molecule is Cl.N#Cc1ccccc1C(=O)Cl. The molecule has 62 valence electrons. The molecule has 4 heteroatoms. The molecule has 0 amide bonds. The predicted octanol–water partition coefficient (Wildman–Crippen LogP) is 2.36. The van der Waals surface area contributed by atoms with Crippen molar-refractivity contribution in [2.24, 2.45) is 0 Å². The summed E-state index contributed by atoms with van der Waals surface area (Å²) in [6.45, 7) is 0. The van der Waals surface area contributed by atoms with Gasteiger partial charge in [0.25, 0.3) is 5.24 Å². The Morgan fingerprint density at radius 3 is 2.42 bits per heavy atom. The Hall–Kier alpha value is -1.04. The van der Waals surface area contributed by atoms with Crippen molar-refractivity contribution in [3.63, 3.8) is 0 Å². The first-order valence-electron chi connectivity index (χ1n) is 2.94. The summed E-state index contributed by atoms with van der Waals surface area (Å²) in [6, 6.07) is 8.29. The number of nitriles is 1. The lowest BCUT2D eigenvalue weighted by Gasteiger charge is -1.93. The number of halogens is 2. The molecule has 12 heavy (non-hydrogen) atoms. The molecule has 0 saturated heterocycles. The third-order valence-electron chi connectivity index (χ3n) is 1.26. The molecule has 1 aromatic carbocycles. The van der Waals surface area contributed by atoms with E-state index in [0.29, 0.717) is 5.56 Å². The molecule has 0 atom stereocenters. The van der Waals surface area contributed by atoms with Gasteiger partial charge in [-0.25, -0.2) is 0 Å². The molecular formula is C8H5Cl2NO. The summed E-state index contributed by atoms with van der Waals surface area (Å²) < 4.78 is 0. The second kappa shape index (κ2) is 4.76. The van der Waals surface area contributed by atoms with E-state index >= 15 is 0 Å². The fourth-order valence-corrected chi connectivity index (χ4v) is 0.917. The number of nitrogens with zero attached hydrogens (tertiary/aromatic N) is 1. The van der Waals surface area contributed by atoms with Crippen LogP contribution >= 0.6 is 24.0 Å². The van der Waals surface area contributed by atoms with E-state index in [9.17, 15) is 4.79 Å². The van der Waals surface area contributed by atoms with E-state index in [-0.39, 0.29) is 18.0 Å². The summed E-state index contributed by atoms with van der Waals surface area (Å²) in [5, 5.41) is 7.91. The van der Waals surface area contributed by atoms with E-state index in [1.54, 1.807) is 18.2 Å². The highest BCUT2D eigenvalue weighted by atomic mass is 35.5. The van der Waals surface area contributed by atoms with Gasteiger partial charge in [-0.1, -0.05) is 12.1 Å². The molecule has 0 unspecified atom stereocenters. The van der Waals surface area contributed by atoms with Crippen LogP contribution < -0.4 is 0 Å². The number of hydrogen-bond acceptors (Lipinski definition) is 2. The molecule has 1 rings (SSSR count). The Balaban J connectivity index is 0.00000121. The van der Waals surface area contributed by atoms with Crippen molar-refractivity contribution >= 4 is 29.3 Å².